The van der Waals surface area contributed by atoms with Gasteiger partial charge in [-0.1, -0.05) is 78.9 Å². The van der Waals surface area contributed by atoms with E-state index in [4.69, 9.17) is 9.72 Å². The predicted molar refractivity (Wildman–Crippen MR) is 114 cm³/mol. The molecule has 0 bridgehead atoms. The van der Waals surface area contributed by atoms with Crippen LogP contribution in [0.1, 0.15) is 11.4 Å². The highest BCUT2D eigenvalue weighted by Crippen LogP contribution is 2.26. The summed E-state index contributed by atoms with van der Waals surface area (Å²) in [5, 5.41) is 2.30. The fourth-order valence-electron chi connectivity index (χ4n) is 3.64. The molecule has 0 fully saturated rings. The van der Waals surface area contributed by atoms with Gasteiger partial charge in [-0.15, -0.1) is 0 Å². The summed E-state index contributed by atoms with van der Waals surface area (Å²) >= 11 is 0. The molecular weight excluding hydrogens is 344 g/mol. The van der Waals surface area contributed by atoms with Crippen molar-refractivity contribution in [3.63, 3.8) is 0 Å². The lowest BCUT2D eigenvalue weighted by atomic mass is 10.1. The first-order valence-corrected chi connectivity index (χ1v) is 9.47. The first-order chi connectivity index (χ1) is 13.9. The van der Waals surface area contributed by atoms with E-state index in [1.54, 1.807) is 0 Å². The van der Waals surface area contributed by atoms with Crippen LogP contribution in [0.3, 0.4) is 0 Å². The molecule has 1 heterocycles. The van der Waals surface area contributed by atoms with E-state index in [9.17, 15) is 0 Å². The van der Waals surface area contributed by atoms with E-state index < -0.39 is 0 Å². The van der Waals surface area contributed by atoms with Gasteiger partial charge in [-0.25, -0.2) is 4.98 Å². The lowest BCUT2D eigenvalue weighted by Gasteiger charge is -2.12. The van der Waals surface area contributed by atoms with Gasteiger partial charge in [0.2, 0.25) is 0 Å². The number of fused-ring (bicyclic) bond motifs is 2. The second-order valence-corrected chi connectivity index (χ2v) is 6.85. The Morgan fingerprint density at radius 2 is 1.46 bits per heavy atom. The van der Waals surface area contributed by atoms with E-state index in [2.05, 4.69) is 65.2 Å². The quantitative estimate of drug-likeness (QED) is 0.393. The van der Waals surface area contributed by atoms with Crippen LogP contribution in [0.25, 0.3) is 21.8 Å². The van der Waals surface area contributed by atoms with E-state index in [0.717, 1.165) is 34.5 Å². The first-order valence-electron chi connectivity index (χ1n) is 9.47. The minimum Gasteiger partial charge on any atom is -0.485 e. The van der Waals surface area contributed by atoms with Gasteiger partial charge < -0.3 is 9.30 Å². The number of hydrogen-bond acceptors (Lipinski definition) is 2. The average Bonchev–Trinajstić information content (AvgIpc) is 3.10. The van der Waals surface area contributed by atoms with Crippen LogP contribution < -0.4 is 4.74 Å². The molecule has 0 amide bonds. The Morgan fingerprint density at radius 1 is 0.714 bits per heavy atom. The van der Waals surface area contributed by atoms with Gasteiger partial charge in [-0.05, 0) is 29.1 Å². The topological polar surface area (TPSA) is 27.1 Å². The summed E-state index contributed by atoms with van der Waals surface area (Å²) in [4.78, 5) is 4.84. The Labute approximate surface area is 163 Å². The summed E-state index contributed by atoms with van der Waals surface area (Å²) in [6.07, 6.45) is 0. The molecule has 28 heavy (non-hydrogen) atoms. The summed E-state index contributed by atoms with van der Waals surface area (Å²) in [6.45, 7) is 1.20. The normalized spacial score (nSPS) is 11.1. The highest BCUT2D eigenvalue weighted by atomic mass is 16.5. The number of benzene rings is 4. The van der Waals surface area contributed by atoms with Gasteiger partial charge in [-0.3, -0.25) is 0 Å². The number of para-hydroxylation sites is 2. The zero-order valence-corrected chi connectivity index (χ0v) is 15.5. The van der Waals surface area contributed by atoms with E-state index in [-0.39, 0.29) is 0 Å². The van der Waals surface area contributed by atoms with Gasteiger partial charge in [0, 0.05) is 11.9 Å². The van der Waals surface area contributed by atoms with Crippen molar-refractivity contribution in [3.05, 3.63) is 108 Å². The molecule has 0 atom stereocenters. The van der Waals surface area contributed by atoms with E-state index in [1.807, 2.05) is 36.4 Å². The molecule has 5 aromatic rings. The van der Waals surface area contributed by atoms with Crippen molar-refractivity contribution in [1.82, 2.24) is 9.55 Å². The van der Waals surface area contributed by atoms with Crippen molar-refractivity contribution in [1.29, 1.82) is 0 Å². The highest BCUT2D eigenvalue weighted by Gasteiger charge is 2.12. The SMILES string of the molecule is c1ccc(Cn2c(COc3cccc4ccccc34)nc3ccccc32)cc1. The van der Waals surface area contributed by atoms with Crippen molar-refractivity contribution in [2.75, 3.05) is 0 Å². The van der Waals surface area contributed by atoms with Crippen LogP contribution >= 0.6 is 0 Å². The van der Waals surface area contributed by atoms with E-state index in [1.165, 1.54) is 10.9 Å². The third-order valence-corrected chi connectivity index (χ3v) is 5.02. The minimum atomic E-state index is 0.426. The highest BCUT2D eigenvalue weighted by molar-refractivity contribution is 5.88. The Bertz CT molecular complexity index is 1240. The lowest BCUT2D eigenvalue weighted by Crippen LogP contribution is -2.08. The molecule has 0 saturated carbocycles. The monoisotopic (exact) mass is 364 g/mol. The maximum absolute atomic E-state index is 6.23. The standard InChI is InChI=1S/C25H20N2O/c1-2-9-19(10-3-1)17-27-23-15-7-6-14-22(23)26-25(27)18-28-24-16-8-12-20-11-4-5-13-21(20)24/h1-16H,17-18H2. The van der Waals surface area contributed by atoms with Crippen LogP contribution in [0.4, 0.5) is 0 Å². The van der Waals surface area contributed by atoms with Crippen LogP contribution in [0.5, 0.6) is 5.75 Å². The van der Waals surface area contributed by atoms with Crippen LogP contribution in [0.2, 0.25) is 0 Å². The summed E-state index contributed by atoms with van der Waals surface area (Å²) in [5.74, 6) is 1.81. The molecule has 1 aromatic heterocycles. The average molecular weight is 364 g/mol. The zero-order chi connectivity index (χ0) is 18.8. The molecule has 0 N–H and O–H groups in total. The Morgan fingerprint density at radius 3 is 2.39 bits per heavy atom. The molecule has 3 nitrogen and oxygen atoms in total. The summed E-state index contributed by atoms with van der Waals surface area (Å²) in [5.41, 5.74) is 3.37. The molecule has 0 aliphatic heterocycles. The van der Waals surface area contributed by atoms with Crippen LogP contribution in [-0.4, -0.2) is 9.55 Å². The molecule has 5 rings (SSSR count). The number of aromatic nitrogens is 2. The Hall–Kier alpha value is -3.59. The van der Waals surface area contributed by atoms with E-state index in [0.29, 0.717) is 6.61 Å². The number of nitrogens with zero attached hydrogens (tertiary/aromatic N) is 2. The molecule has 3 heteroatoms. The number of hydrogen-bond donors (Lipinski definition) is 0. The molecule has 0 radical (unpaired) electrons. The van der Waals surface area contributed by atoms with Crippen LogP contribution in [0, 0.1) is 0 Å². The van der Waals surface area contributed by atoms with Crippen molar-refractivity contribution in [2.45, 2.75) is 13.2 Å². The molecule has 0 unspecified atom stereocenters. The van der Waals surface area contributed by atoms with Gasteiger partial charge in [0.25, 0.3) is 0 Å². The van der Waals surface area contributed by atoms with Gasteiger partial charge in [0.05, 0.1) is 11.0 Å². The maximum Gasteiger partial charge on any atom is 0.148 e. The van der Waals surface area contributed by atoms with Gasteiger partial charge in [-0.2, -0.15) is 0 Å². The Balaban J connectivity index is 1.51. The van der Waals surface area contributed by atoms with Crippen molar-refractivity contribution >= 4 is 21.8 Å². The maximum atomic E-state index is 6.23. The molecule has 0 aliphatic rings. The van der Waals surface area contributed by atoms with Gasteiger partial charge in [0.1, 0.15) is 18.2 Å². The molecule has 0 spiro atoms. The first kappa shape index (κ1) is 16.6. The number of imidazole rings is 1. The fourth-order valence-corrected chi connectivity index (χ4v) is 3.64. The van der Waals surface area contributed by atoms with Crippen molar-refractivity contribution in [3.8, 4) is 5.75 Å². The van der Waals surface area contributed by atoms with Crippen molar-refractivity contribution in [2.24, 2.45) is 0 Å². The van der Waals surface area contributed by atoms with Gasteiger partial charge >= 0.3 is 0 Å². The summed E-state index contributed by atoms with van der Waals surface area (Å²) < 4.78 is 8.48. The third kappa shape index (κ3) is 3.12. The predicted octanol–water partition coefficient (Wildman–Crippen LogP) is 5.82. The number of rotatable bonds is 5. The second-order valence-electron chi connectivity index (χ2n) is 6.85. The molecule has 0 saturated heterocycles. The lowest BCUT2D eigenvalue weighted by molar-refractivity contribution is 0.295. The third-order valence-electron chi connectivity index (χ3n) is 5.02. The molecule has 0 aliphatic carbocycles. The Kier molecular flexibility index (Phi) is 4.26. The van der Waals surface area contributed by atoms with Gasteiger partial charge in [0.15, 0.2) is 0 Å². The van der Waals surface area contributed by atoms with Crippen LogP contribution in [0.15, 0.2) is 97.1 Å². The largest absolute Gasteiger partial charge is 0.485 e. The minimum absolute atomic E-state index is 0.426. The fraction of sp³-hybridized carbons (Fsp3) is 0.0800. The molecule has 136 valence electrons. The van der Waals surface area contributed by atoms with Crippen LogP contribution in [-0.2, 0) is 13.2 Å². The molecule has 4 aromatic carbocycles. The second kappa shape index (κ2) is 7.20. The number of ether oxygens (including phenoxy) is 1. The van der Waals surface area contributed by atoms with E-state index >= 15 is 0 Å². The summed E-state index contributed by atoms with van der Waals surface area (Å²) in [6, 6.07) is 33.2. The smallest absolute Gasteiger partial charge is 0.148 e. The zero-order valence-electron chi connectivity index (χ0n) is 15.5. The van der Waals surface area contributed by atoms with Crippen molar-refractivity contribution < 1.29 is 4.74 Å². The summed E-state index contributed by atoms with van der Waals surface area (Å²) in [7, 11) is 0. The molecular formula is C25H20N2O.